The molecule has 0 aliphatic carbocycles. The first-order chi connectivity index (χ1) is 18.3. The van der Waals surface area contributed by atoms with Crippen LogP contribution in [0, 0.1) is 0 Å². The molecule has 0 atom stereocenters. The van der Waals surface area contributed by atoms with Gasteiger partial charge in [0.2, 0.25) is 0 Å². The number of hydrogen-bond donors (Lipinski definition) is 1. The number of methoxy groups -OCH3 is 1. The van der Waals surface area contributed by atoms with Crippen LogP contribution in [0.5, 0.6) is 17.2 Å². The van der Waals surface area contributed by atoms with E-state index in [4.69, 9.17) is 42.1 Å². The minimum Gasteiger partial charge on any atom is -0.496 e. The number of amides is 1. The van der Waals surface area contributed by atoms with Gasteiger partial charge >= 0.3 is 11.9 Å². The molecule has 0 unspecified atom stereocenters. The van der Waals surface area contributed by atoms with E-state index in [0.29, 0.717) is 36.6 Å². The number of esters is 2. The van der Waals surface area contributed by atoms with Gasteiger partial charge in [0.25, 0.3) is 5.91 Å². The number of nitrogens with one attached hydrogen (secondary N) is 1. The number of piperidine rings is 1. The fourth-order valence-corrected chi connectivity index (χ4v) is 4.58. The Bertz CT molecular complexity index is 1110. The van der Waals surface area contributed by atoms with Gasteiger partial charge in [0, 0.05) is 19.5 Å². The van der Waals surface area contributed by atoms with Crippen molar-refractivity contribution in [2.24, 2.45) is 0 Å². The Hall–Kier alpha value is -3.01. The van der Waals surface area contributed by atoms with Gasteiger partial charge in [-0.2, -0.15) is 0 Å². The summed E-state index contributed by atoms with van der Waals surface area (Å²) >= 11 is 12.9. The third-order valence-corrected chi connectivity index (χ3v) is 6.38. The van der Waals surface area contributed by atoms with Gasteiger partial charge in [-0.15, -0.1) is 0 Å². The highest BCUT2D eigenvalue weighted by atomic mass is 35.5. The summed E-state index contributed by atoms with van der Waals surface area (Å²) in [6.45, 7) is 3.33. The molecule has 0 aromatic heterocycles. The molecule has 206 valence electrons. The molecule has 1 fully saturated rings. The quantitative estimate of drug-likeness (QED) is 0.370. The summed E-state index contributed by atoms with van der Waals surface area (Å²) in [5.74, 6) is 0.0641. The maximum Gasteiger partial charge on any atom is 0.319 e. The maximum absolute atomic E-state index is 13.1. The molecule has 1 heterocycles. The Morgan fingerprint density at radius 2 is 1.61 bits per heavy atom. The molecule has 38 heavy (non-hydrogen) atoms. The first kappa shape index (κ1) is 29.5. The average molecular weight is 567 g/mol. The van der Waals surface area contributed by atoms with Crippen molar-refractivity contribution in [3.8, 4) is 17.2 Å². The van der Waals surface area contributed by atoms with Crippen molar-refractivity contribution in [1.29, 1.82) is 0 Å². The number of hydrogen-bond acceptors (Lipinski definition) is 8. The summed E-state index contributed by atoms with van der Waals surface area (Å²) in [5, 5.41) is 3.21. The van der Waals surface area contributed by atoms with Crippen molar-refractivity contribution in [2.75, 3.05) is 46.5 Å². The molecule has 1 saturated heterocycles. The fraction of sp³-hybridized carbons (Fsp3) is 0.444. The van der Waals surface area contributed by atoms with Crippen LogP contribution in [-0.2, 0) is 25.5 Å². The van der Waals surface area contributed by atoms with E-state index in [2.05, 4.69) is 5.32 Å². The van der Waals surface area contributed by atoms with Crippen LogP contribution in [0.2, 0.25) is 10.0 Å². The van der Waals surface area contributed by atoms with Gasteiger partial charge in [-0.3, -0.25) is 19.7 Å². The second-order valence-electron chi connectivity index (χ2n) is 8.58. The maximum atomic E-state index is 13.1. The lowest BCUT2D eigenvalue weighted by Crippen LogP contribution is -2.35. The van der Waals surface area contributed by atoms with Crippen LogP contribution in [-0.4, -0.2) is 69.2 Å². The Morgan fingerprint density at radius 3 is 2.24 bits per heavy atom. The molecule has 1 amide bonds. The molecular formula is C27H32Cl2N2O7. The summed E-state index contributed by atoms with van der Waals surface area (Å²) in [4.78, 5) is 38.0. The van der Waals surface area contributed by atoms with Crippen LogP contribution in [0.3, 0.4) is 0 Å². The first-order valence-corrected chi connectivity index (χ1v) is 13.2. The van der Waals surface area contributed by atoms with Crippen LogP contribution in [0.25, 0.3) is 0 Å². The molecule has 1 aliphatic heterocycles. The first-order valence-electron chi connectivity index (χ1n) is 12.5. The van der Waals surface area contributed by atoms with Gasteiger partial charge in [-0.05, 0) is 62.1 Å². The summed E-state index contributed by atoms with van der Waals surface area (Å²) in [5.41, 5.74) is 1.16. The van der Waals surface area contributed by atoms with E-state index < -0.39 is 11.9 Å². The van der Waals surface area contributed by atoms with Crippen molar-refractivity contribution in [1.82, 2.24) is 10.2 Å². The highest BCUT2D eigenvalue weighted by Gasteiger charge is 2.23. The zero-order valence-corrected chi connectivity index (χ0v) is 23.0. The summed E-state index contributed by atoms with van der Waals surface area (Å²) < 4.78 is 21.3. The average Bonchev–Trinajstić information content (AvgIpc) is 2.91. The number of nitrogens with zero attached hydrogens (tertiary/aromatic N) is 1. The Labute approximate surface area is 232 Å². The summed E-state index contributed by atoms with van der Waals surface area (Å²) in [7, 11) is 1.52. The zero-order valence-electron chi connectivity index (χ0n) is 21.5. The van der Waals surface area contributed by atoms with Crippen LogP contribution in [0.1, 0.15) is 42.1 Å². The number of benzene rings is 2. The molecule has 2 aromatic carbocycles. The zero-order chi connectivity index (χ0) is 27.5. The van der Waals surface area contributed by atoms with Crippen LogP contribution < -0.4 is 14.8 Å². The molecule has 0 saturated carbocycles. The van der Waals surface area contributed by atoms with Crippen LogP contribution in [0.4, 0.5) is 0 Å². The largest absolute Gasteiger partial charge is 0.496 e. The monoisotopic (exact) mass is 566 g/mol. The van der Waals surface area contributed by atoms with Crippen LogP contribution in [0.15, 0.2) is 30.3 Å². The lowest BCUT2D eigenvalue weighted by Gasteiger charge is -2.27. The van der Waals surface area contributed by atoms with E-state index >= 15 is 0 Å². The number of ether oxygens (including phenoxy) is 4. The molecular weight excluding hydrogens is 535 g/mol. The standard InChI is InChI=1S/C27H32Cl2N2O7/c1-3-36-24(32)16-30-17-25(33)37-12-9-18-13-21(28)26(22(29)14-18)38-19-7-8-23(35-2)20(15-19)27(34)31-10-5-4-6-11-31/h7-8,13-15,30H,3-6,9-12,16-17H2,1-2H3. The van der Waals surface area contributed by atoms with Crippen molar-refractivity contribution >= 4 is 41.0 Å². The molecule has 0 radical (unpaired) electrons. The van der Waals surface area contributed by atoms with Crippen molar-refractivity contribution in [3.63, 3.8) is 0 Å². The second-order valence-corrected chi connectivity index (χ2v) is 9.40. The van der Waals surface area contributed by atoms with E-state index in [1.165, 1.54) is 7.11 Å². The van der Waals surface area contributed by atoms with E-state index in [-0.39, 0.29) is 48.0 Å². The predicted octanol–water partition coefficient (Wildman–Crippen LogP) is 4.66. The smallest absolute Gasteiger partial charge is 0.319 e. The number of carbonyl (C=O) groups excluding carboxylic acids is 3. The van der Waals surface area contributed by atoms with Gasteiger partial charge in [-0.1, -0.05) is 23.2 Å². The summed E-state index contributed by atoms with van der Waals surface area (Å²) in [6, 6.07) is 8.35. The Balaban J connectivity index is 1.59. The lowest BCUT2D eigenvalue weighted by atomic mass is 10.1. The highest BCUT2D eigenvalue weighted by molar-refractivity contribution is 6.37. The summed E-state index contributed by atoms with van der Waals surface area (Å²) in [6.07, 6.45) is 3.45. The molecule has 9 nitrogen and oxygen atoms in total. The lowest BCUT2D eigenvalue weighted by molar-refractivity contribution is -0.143. The van der Waals surface area contributed by atoms with E-state index in [9.17, 15) is 14.4 Å². The Kier molecular flexibility index (Phi) is 11.5. The van der Waals surface area contributed by atoms with Gasteiger partial charge in [0.15, 0.2) is 5.75 Å². The molecule has 0 bridgehead atoms. The SMILES string of the molecule is CCOC(=O)CNCC(=O)OCCc1cc(Cl)c(Oc2ccc(OC)c(C(=O)N3CCCCC3)c2)c(Cl)c1. The third kappa shape index (κ3) is 8.51. The van der Waals surface area contributed by atoms with Crippen molar-refractivity contribution in [2.45, 2.75) is 32.6 Å². The van der Waals surface area contributed by atoms with Crippen molar-refractivity contribution in [3.05, 3.63) is 51.5 Å². The predicted molar refractivity (Wildman–Crippen MR) is 143 cm³/mol. The minimum absolute atomic E-state index is 0.0717. The molecule has 3 rings (SSSR count). The van der Waals surface area contributed by atoms with Gasteiger partial charge in [0.1, 0.15) is 11.5 Å². The van der Waals surface area contributed by atoms with E-state index in [0.717, 1.165) is 24.8 Å². The third-order valence-electron chi connectivity index (χ3n) is 5.82. The van der Waals surface area contributed by atoms with E-state index in [1.807, 2.05) is 4.90 Å². The molecule has 1 N–H and O–H groups in total. The number of likely N-dealkylation sites (tertiary alicyclic amines) is 1. The van der Waals surface area contributed by atoms with Crippen molar-refractivity contribution < 1.29 is 33.3 Å². The van der Waals surface area contributed by atoms with Crippen LogP contribution >= 0.6 is 23.2 Å². The van der Waals surface area contributed by atoms with Gasteiger partial charge in [0.05, 0.1) is 49.0 Å². The number of halogens is 2. The Morgan fingerprint density at radius 1 is 0.947 bits per heavy atom. The van der Waals surface area contributed by atoms with Gasteiger partial charge < -0.3 is 23.8 Å². The van der Waals surface area contributed by atoms with E-state index in [1.54, 1.807) is 37.3 Å². The number of carbonyl (C=O) groups is 3. The number of rotatable bonds is 12. The second kappa shape index (κ2) is 14.8. The molecule has 1 aliphatic rings. The highest BCUT2D eigenvalue weighted by Crippen LogP contribution is 2.38. The fourth-order valence-electron chi connectivity index (χ4n) is 3.97. The normalized spacial score (nSPS) is 13.1. The molecule has 0 spiro atoms. The van der Waals surface area contributed by atoms with Gasteiger partial charge in [-0.25, -0.2) is 0 Å². The molecule has 11 heteroatoms. The molecule has 2 aromatic rings. The topological polar surface area (TPSA) is 103 Å². The minimum atomic E-state index is -0.499.